The first-order valence-electron chi connectivity index (χ1n) is 8.65. The van der Waals surface area contributed by atoms with Gasteiger partial charge in [-0.25, -0.2) is 4.98 Å². The van der Waals surface area contributed by atoms with Gasteiger partial charge in [-0.2, -0.15) is 0 Å². The molecule has 5 heteroatoms. The van der Waals surface area contributed by atoms with E-state index in [9.17, 15) is 0 Å². The molecule has 4 rings (SSSR count). The summed E-state index contributed by atoms with van der Waals surface area (Å²) in [7, 11) is 3.28. The first-order chi connectivity index (χ1) is 13.3. The summed E-state index contributed by atoms with van der Waals surface area (Å²) in [4.78, 5) is 4.69. The van der Waals surface area contributed by atoms with E-state index in [1.54, 1.807) is 14.2 Å². The molecule has 2 aromatic carbocycles. The van der Waals surface area contributed by atoms with Crippen LogP contribution in [0.5, 0.6) is 17.2 Å². The van der Waals surface area contributed by atoms with E-state index in [0.717, 1.165) is 28.2 Å². The number of fused-ring (bicyclic) bond motifs is 1. The number of benzene rings is 2. The van der Waals surface area contributed by atoms with E-state index >= 15 is 0 Å². The highest BCUT2D eigenvalue weighted by Crippen LogP contribution is 2.33. The van der Waals surface area contributed by atoms with Crippen LogP contribution in [0.4, 0.5) is 0 Å². The average molecular weight is 360 g/mol. The molecule has 2 aromatic heterocycles. The molecule has 0 bridgehead atoms. The van der Waals surface area contributed by atoms with Gasteiger partial charge in [0.15, 0.2) is 22.9 Å². The molecule has 2 heterocycles. The number of ether oxygens (including phenoxy) is 3. The average Bonchev–Trinajstić information content (AvgIpc) is 3.17. The molecule has 0 amide bonds. The molecule has 0 saturated heterocycles. The van der Waals surface area contributed by atoms with Crippen LogP contribution in [-0.2, 0) is 6.61 Å². The van der Waals surface area contributed by atoms with E-state index in [-0.39, 0.29) is 0 Å². The predicted molar refractivity (Wildman–Crippen MR) is 105 cm³/mol. The third kappa shape index (κ3) is 3.44. The lowest BCUT2D eigenvalue weighted by Gasteiger charge is -2.11. The van der Waals surface area contributed by atoms with E-state index in [1.165, 1.54) is 0 Å². The van der Waals surface area contributed by atoms with Gasteiger partial charge in [-0.15, -0.1) is 0 Å². The Bertz CT molecular complexity index is 1060. The number of imidazole rings is 1. The van der Waals surface area contributed by atoms with Crippen molar-refractivity contribution in [3.05, 3.63) is 78.6 Å². The van der Waals surface area contributed by atoms with E-state index in [4.69, 9.17) is 19.2 Å². The van der Waals surface area contributed by atoms with E-state index in [2.05, 4.69) is 0 Å². The maximum Gasteiger partial charge on any atom is 0.180 e. The third-order valence-electron chi connectivity index (χ3n) is 4.36. The molecule has 0 spiro atoms. The molecular formula is C22H20N2O3. The fraction of sp³-hybridized carbons (Fsp3) is 0.136. The molecule has 0 saturated carbocycles. The van der Waals surface area contributed by atoms with Gasteiger partial charge in [0.1, 0.15) is 6.61 Å². The van der Waals surface area contributed by atoms with E-state index in [1.807, 2.05) is 77.5 Å². The molecule has 5 nitrogen and oxygen atoms in total. The molecular weight excluding hydrogens is 340 g/mol. The predicted octanol–water partition coefficient (Wildman–Crippen LogP) is 4.60. The summed E-state index contributed by atoms with van der Waals surface area (Å²) < 4.78 is 18.8. The third-order valence-corrected chi connectivity index (χ3v) is 4.36. The van der Waals surface area contributed by atoms with E-state index in [0.29, 0.717) is 18.1 Å². The first-order valence-corrected chi connectivity index (χ1v) is 8.65. The zero-order valence-corrected chi connectivity index (χ0v) is 15.3. The number of methoxy groups -OCH3 is 2. The lowest BCUT2D eigenvalue weighted by atomic mass is 10.1. The fourth-order valence-corrected chi connectivity index (χ4v) is 2.97. The van der Waals surface area contributed by atoms with Crippen LogP contribution in [0.15, 0.2) is 73.1 Å². The van der Waals surface area contributed by atoms with Gasteiger partial charge in [0.2, 0.25) is 0 Å². The van der Waals surface area contributed by atoms with Gasteiger partial charge in [-0.1, -0.05) is 30.3 Å². The van der Waals surface area contributed by atoms with Gasteiger partial charge in [-0.3, -0.25) is 0 Å². The highest BCUT2D eigenvalue weighted by Gasteiger charge is 2.12. The Balaban J connectivity index is 1.63. The number of hydrogen-bond acceptors (Lipinski definition) is 4. The minimum absolute atomic E-state index is 0.488. The Morgan fingerprint density at radius 2 is 1.67 bits per heavy atom. The summed E-state index contributed by atoms with van der Waals surface area (Å²) in [5.41, 5.74) is 3.67. The molecule has 0 fully saturated rings. The summed E-state index contributed by atoms with van der Waals surface area (Å²) in [6, 6.07) is 19.7. The Morgan fingerprint density at radius 1 is 0.852 bits per heavy atom. The molecule has 136 valence electrons. The Labute approximate surface area is 157 Å². The van der Waals surface area contributed by atoms with Crippen LogP contribution in [-0.4, -0.2) is 23.6 Å². The highest BCUT2D eigenvalue weighted by atomic mass is 16.5. The standard InChI is InChI=1S/C22H20N2O3/c1-25-20-9-6-12-24-14-18(23-22(20)24)17-10-11-19(21(13-17)26-2)27-15-16-7-4-3-5-8-16/h3-14H,15H2,1-2H3. The SMILES string of the molecule is COc1cc(-c2cn3cccc(OC)c3n2)ccc1OCc1ccccc1. The lowest BCUT2D eigenvalue weighted by molar-refractivity contribution is 0.284. The number of hydrogen-bond donors (Lipinski definition) is 0. The van der Waals surface area contributed by atoms with Crippen molar-refractivity contribution in [3.8, 4) is 28.5 Å². The Hall–Kier alpha value is -3.47. The molecule has 0 radical (unpaired) electrons. The van der Waals surface area contributed by atoms with Crippen molar-refractivity contribution in [2.24, 2.45) is 0 Å². The minimum atomic E-state index is 0.488. The summed E-state index contributed by atoms with van der Waals surface area (Å²) in [6.07, 6.45) is 3.92. The number of rotatable bonds is 6. The van der Waals surface area contributed by atoms with Crippen LogP contribution in [0, 0.1) is 0 Å². The molecule has 0 aliphatic rings. The molecule has 0 N–H and O–H groups in total. The topological polar surface area (TPSA) is 45.0 Å². The summed E-state index contributed by atoms with van der Waals surface area (Å²) in [5, 5.41) is 0. The minimum Gasteiger partial charge on any atom is -0.493 e. The monoisotopic (exact) mass is 360 g/mol. The van der Waals surface area contributed by atoms with E-state index < -0.39 is 0 Å². The maximum absolute atomic E-state index is 5.93. The first kappa shape index (κ1) is 17.0. The molecule has 0 aliphatic carbocycles. The smallest absolute Gasteiger partial charge is 0.180 e. The zero-order chi connectivity index (χ0) is 18.6. The molecule has 0 aliphatic heterocycles. The largest absolute Gasteiger partial charge is 0.493 e. The van der Waals surface area contributed by atoms with Crippen molar-refractivity contribution in [1.29, 1.82) is 0 Å². The van der Waals surface area contributed by atoms with Gasteiger partial charge in [-0.05, 0) is 35.9 Å². The lowest BCUT2D eigenvalue weighted by Crippen LogP contribution is -1.97. The van der Waals surface area contributed by atoms with Crippen molar-refractivity contribution in [3.63, 3.8) is 0 Å². The van der Waals surface area contributed by atoms with Crippen LogP contribution in [0.2, 0.25) is 0 Å². The second-order valence-electron chi connectivity index (χ2n) is 6.07. The van der Waals surface area contributed by atoms with Gasteiger partial charge >= 0.3 is 0 Å². The molecule has 0 atom stereocenters. The maximum atomic E-state index is 5.93. The number of pyridine rings is 1. The number of aromatic nitrogens is 2. The van der Waals surface area contributed by atoms with Crippen LogP contribution in [0.25, 0.3) is 16.9 Å². The van der Waals surface area contributed by atoms with Crippen LogP contribution in [0.3, 0.4) is 0 Å². The van der Waals surface area contributed by atoms with Gasteiger partial charge in [0, 0.05) is 18.0 Å². The van der Waals surface area contributed by atoms with Crippen molar-refractivity contribution < 1.29 is 14.2 Å². The molecule has 0 unspecified atom stereocenters. The number of nitrogens with zero attached hydrogens (tertiary/aromatic N) is 2. The second-order valence-corrected chi connectivity index (χ2v) is 6.07. The van der Waals surface area contributed by atoms with Gasteiger partial charge < -0.3 is 18.6 Å². The summed E-state index contributed by atoms with van der Waals surface area (Å²) >= 11 is 0. The highest BCUT2D eigenvalue weighted by molar-refractivity contribution is 5.68. The van der Waals surface area contributed by atoms with Crippen molar-refractivity contribution in [2.45, 2.75) is 6.61 Å². The summed E-state index contributed by atoms with van der Waals surface area (Å²) in [6.45, 7) is 0.488. The van der Waals surface area contributed by atoms with Crippen molar-refractivity contribution in [2.75, 3.05) is 14.2 Å². The van der Waals surface area contributed by atoms with Crippen LogP contribution >= 0.6 is 0 Å². The fourth-order valence-electron chi connectivity index (χ4n) is 2.97. The second kappa shape index (κ2) is 7.41. The van der Waals surface area contributed by atoms with Crippen LogP contribution < -0.4 is 14.2 Å². The van der Waals surface area contributed by atoms with Gasteiger partial charge in [0.25, 0.3) is 0 Å². The Kier molecular flexibility index (Phi) is 4.66. The van der Waals surface area contributed by atoms with Crippen molar-refractivity contribution in [1.82, 2.24) is 9.38 Å². The van der Waals surface area contributed by atoms with Crippen LogP contribution in [0.1, 0.15) is 5.56 Å². The molecule has 27 heavy (non-hydrogen) atoms. The Morgan fingerprint density at radius 3 is 2.44 bits per heavy atom. The van der Waals surface area contributed by atoms with Gasteiger partial charge in [0.05, 0.1) is 19.9 Å². The zero-order valence-electron chi connectivity index (χ0n) is 15.3. The quantitative estimate of drug-likeness (QED) is 0.504. The summed E-state index contributed by atoms with van der Waals surface area (Å²) in [5.74, 6) is 2.11. The normalized spacial score (nSPS) is 10.7. The molecule has 4 aromatic rings. The van der Waals surface area contributed by atoms with Crippen molar-refractivity contribution >= 4 is 5.65 Å².